The van der Waals surface area contributed by atoms with E-state index in [1.54, 1.807) is 39.0 Å². The van der Waals surface area contributed by atoms with Crippen LogP contribution in [0.2, 0.25) is 0 Å². The van der Waals surface area contributed by atoms with Gasteiger partial charge in [-0.3, -0.25) is 0 Å². The Balaban J connectivity index is 3.03. The van der Waals surface area contributed by atoms with Crippen molar-refractivity contribution >= 4 is 12.1 Å². The molecule has 0 saturated carbocycles. The van der Waals surface area contributed by atoms with Crippen molar-refractivity contribution in [1.82, 2.24) is 5.32 Å². The predicted molar refractivity (Wildman–Crippen MR) is 99.0 cm³/mol. The van der Waals surface area contributed by atoms with Crippen LogP contribution in [-0.2, 0) is 20.7 Å². The summed E-state index contributed by atoms with van der Waals surface area (Å²) < 4.78 is 20.6. The molecule has 1 amide bonds. The van der Waals surface area contributed by atoms with E-state index in [4.69, 9.17) is 14.2 Å². The quantitative estimate of drug-likeness (QED) is 0.662. The first-order valence-corrected chi connectivity index (χ1v) is 8.66. The zero-order valence-corrected chi connectivity index (χ0v) is 16.7. The van der Waals surface area contributed by atoms with E-state index in [1.807, 2.05) is 6.92 Å². The number of alkyl carbamates (subject to hydrolysis) is 1. The summed E-state index contributed by atoms with van der Waals surface area (Å²) in [6, 6.07) is 4.27. The lowest BCUT2D eigenvalue weighted by Crippen LogP contribution is -2.50. The number of aliphatic hydroxyl groups excluding tert-OH is 1. The summed E-state index contributed by atoms with van der Waals surface area (Å²) in [7, 11) is 2.72. The van der Waals surface area contributed by atoms with Gasteiger partial charge in [-0.2, -0.15) is 0 Å². The van der Waals surface area contributed by atoms with E-state index in [9.17, 15) is 14.7 Å². The van der Waals surface area contributed by atoms with Gasteiger partial charge in [0.15, 0.2) is 17.6 Å². The number of methoxy groups -OCH3 is 2. The molecule has 0 spiro atoms. The van der Waals surface area contributed by atoms with Crippen molar-refractivity contribution in [2.24, 2.45) is 0 Å². The summed E-state index contributed by atoms with van der Waals surface area (Å²) in [4.78, 5) is 23.9. The number of ether oxygens (including phenoxy) is 4. The van der Waals surface area contributed by atoms with Crippen LogP contribution in [-0.4, -0.2) is 55.7 Å². The number of nitrogens with one attached hydrogen (secondary N) is 1. The largest absolute Gasteiger partial charge is 0.493 e. The number of aliphatic hydroxyl groups is 1. The Bertz CT molecular complexity index is 639. The second-order valence-corrected chi connectivity index (χ2v) is 6.84. The maximum absolute atomic E-state index is 12.2. The van der Waals surface area contributed by atoms with Gasteiger partial charge >= 0.3 is 12.1 Å². The van der Waals surface area contributed by atoms with Crippen LogP contribution in [0.1, 0.15) is 33.3 Å². The van der Waals surface area contributed by atoms with Gasteiger partial charge in [0.1, 0.15) is 5.60 Å². The second-order valence-electron chi connectivity index (χ2n) is 6.84. The Morgan fingerprint density at radius 3 is 2.37 bits per heavy atom. The van der Waals surface area contributed by atoms with E-state index in [0.717, 1.165) is 5.56 Å². The topological polar surface area (TPSA) is 103 Å². The molecular weight excluding hydrogens is 354 g/mol. The van der Waals surface area contributed by atoms with Crippen LogP contribution in [0.15, 0.2) is 18.2 Å². The minimum Gasteiger partial charge on any atom is -0.493 e. The SMILES string of the molecule is CCOc1ccc(CC(NC(=O)OC)C(O)C(=O)OC(C)(C)C)cc1OC. The predicted octanol–water partition coefficient (Wildman–Crippen LogP) is 2.06. The van der Waals surface area contributed by atoms with Gasteiger partial charge in [0.25, 0.3) is 0 Å². The Morgan fingerprint density at radius 2 is 1.85 bits per heavy atom. The fourth-order valence-electron chi connectivity index (χ4n) is 2.35. The van der Waals surface area contributed by atoms with Crippen LogP contribution in [0, 0.1) is 0 Å². The number of carbonyl (C=O) groups is 2. The minimum atomic E-state index is -1.57. The van der Waals surface area contributed by atoms with E-state index in [-0.39, 0.29) is 6.42 Å². The third-order valence-corrected chi connectivity index (χ3v) is 3.50. The maximum Gasteiger partial charge on any atom is 0.407 e. The van der Waals surface area contributed by atoms with Crippen molar-refractivity contribution in [3.8, 4) is 11.5 Å². The van der Waals surface area contributed by atoms with Gasteiger partial charge in [0.05, 0.1) is 26.9 Å². The van der Waals surface area contributed by atoms with E-state index in [2.05, 4.69) is 10.1 Å². The monoisotopic (exact) mass is 383 g/mol. The van der Waals surface area contributed by atoms with E-state index < -0.39 is 29.8 Å². The van der Waals surface area contributed by atoms with Gasteiger partial charge < -0.3 is 29.4 Å². The minimum absolute atomic E-state index is 0.151. The third kappa shape index (κ3) is 7.34. The van der Waals surface area contributed by atoms with Gasteiger partial charge in [-0.1, -0.05) is 6.07 Å². The first-order valence-electron chi connectivity index (χ1n) is 8.66. The Morgan fingerprint density at radius 1 is 1.19 bits per heavy atom. The molecule has 2 unspecified atom stereocenters. The lowest BCUT2D eigenvalue weighted by atomic mass is 10.0. The summed E-state index contributed by atoms with van der Waals surface area (Å²) in [6.07, 6.45) is -2.18. The van der Waals surface area contributed by atoms with Crippen molar-refractivity contribution in [3.63, 3.8) is 0 Å². The molecule has 0 aromatic heterocycles. The van der Waals surface area contributed by atoms with Gasteiger partial charge in [-0.05, 0) is 51.8 Å². The molecular formula is C19H29NO7. The standard InChI is InChI=1S/C19H29NO7/c1-7-26-14-9-8-12(11-15(14)24-5)10-13(20-18(23)25-6)16(21)17(22)27-19(2,3)4/h8-9,11,13,16,21H,7,10H2,1-6H3,(H,20,23). The number of hydrogen-bond donors (Lipinski definition) is 2. The highest BCUT2D eigenvalue weighted by atomic mass is 16.6. The molecule has 0 aliphatic rings. The maximum atomic E-state index is 12.2. The molecule has 0 saturated heterocycles. The highest BCUT2D eigenvalue weighted by molar-refractivity contribution is 5.77. The summed E-state index contributed by atoms with van der Waals surface area (Å²) >= 11 is 0. The molecule has 0 heterocycles. The van der Waals surface area contributed by atoms with Gasteiger partial charge in [-0.25, -0.2) is 9.59 Å². The first-order chi connectivity index (χ1) is 12.6. The molecule has 0 fully saturated rings. The number of benzene rings is 1. The van der Waals surface area contributed by atoms with Crippen LogP contribution in [0.3, 0.4) is 0 Å². The van der Waals surface area contributed by atoms with Gasteiger partial charge in [0.2, 0.25) is 0 Å². The molecule has 1 aromatic rings. The molecule has 1 aromatic carbocycles. The number of hydrogen-bond acceptors (Lipinski definition) is 7. The molecule has 152 valence electrons. The fourth-order valence-corrected chi connectivity index (χ4v) is 2.35. The van der Waals surface area contributed by atoms with Crippen molar-refractivity contribution in [1.29, 1.82) is 0 Å². The summed E-state index contributed by atoms with van der Waals surface area (Å²) in [5.74, 6) is 0.258. The van der Waals surface area contributed by atoms with Gasteiger partial charge in [-0.15, -0.1) is 0 Å². The molecule has 1 rings (SSSR count). The van der Waals surface area contributed by atoms with Crippen LogP contribution < -0.4 is 14.8 Å². The number of carbonyl (C=O) groups excluding carboxylic acids is 2. The number of rotatable bonds is 8. The zero-order chi connectivity index (χ0) is 20.6. The Hall–Kier alpha value is -2.48. The highest BCUT2D eigenvalue weighted by Gasteiger charge is 2.32. The summed E-state index contributed by atoms with van der Waals surface area (Å²) in [6.45, 7) is 7.42. The highest BCUT2D eigenvalue weighted by Crippen LogP contribution is 2.28. The van der Waals surface area contributed by atoms with Crippen molar-refractivity contribution in [2.75, 3.05) is 20.8 Å². The molecule has 0 aliphatic heterocycles. The number of amides is 1. The second kappa shape index (κ2) is 10.0. The van der Waals surface area contributed by atoms with Crippen molar-refractivity contribution in [3.05, 3.63) is 23.8 Å². The Labute approximate surface area is 159 Å². The molecule has 8 heteroatoms. The number of esters is 1. The molecule has 0 radical (unpaired) electrons. The lowest BCUT2D eigenvalue weighted by Gasteiger charge is -2.26. The normalized spacial score (nSPS) is 13.3. The molecule has 0 aliphatic carbocycles. The van der Waals surface area contributed by atoms with Crippen molar-refractivity contribution in [2.45, 2.75) is 51.9 Å². The smallest absolute Gasteiger partial charge is 0.407 e. The molecule has 0 bridgehead atoms. The van der Waals surface area contributed by atoms with E-state index in [0.29, 0.717) is 18.1 Å². The summed E-state index contributed by atoms with van der Waals surface area (Å²) in [5.41, 5.74) is -0.0460. The van der Waals surface area contributed by atoms with Crippen molar-refractivity contribution < 1.29 is 33.6 Å². The van der Waals surface area contributed by atoms with Crippen LogP contribution in [0.25, 0.3) is 0 Å². The average Bonchev–Trinajstić information content (AvgIpc) is 2.60. The van der Waals surface area contributed by atoms with Crippen LogP contribution in [0.4, 0.5) is 4.79 Å². The zero-order valence-electron chi connectivity index (χ0n) is 16.7. The van der Waals surface area contributed by atoms with Crippen LogP contribution >= 0.6 is 0 Å². The van der Waals surface area contributed by atoms with E-state index in [1.165, 1.54) is 14.2 Å². The average molecular weight is 383 g/mol. The lowest BCUT2D eigenvalue weighted by molar-refractivity contribution is -0.166. The fraction of sp³-hybridized carbons (Fsp3) is 0.579. The van der Waals surface area contributed by atoms with Crippen LogP contribution in [0.5, 0.6) is 11.5 Å². The molecule has 27 heavy (non-hydrogen) atoms. The Kier molecular flexibility index (Phi) is 8.36. The van der Waals surface area contributed by atoms with Gasteiger partial charge in [0, 0.05) is 0 Å². The molecule has 2 atom stereocenters. The first kappa shape index (κ1) is 22.6. The molecule has 8 nitrogen and oxygen atoms in total. The van der Waals surface area contributed by atoms with E-state index >= 15 is 0 Å². The molecule has 2 N–H and O–H groups in total. The third-order valence-electron chi connectivity index (χ3n) is 3.50. The summed E-state index contributed by atoms with van der Waals surface area (Å²) in [5, 5.41) is 12.9.